The molecule has 8 bridgehead atoms. The highest BCUT2D eigenvalue weighted by molar-refractivity contribution is 5.96. The van der Waals surface area contributed by atoms with Gasteiger partial charge in [0.05, 0.1) is 48.8 Å². The zero-order chi connectivity index (χ0) is 100. The molecule has 0 aliphatic carbocycles. The number of nitrogens with zero attached hydrogens (tertiary/aromatic N) is 3. The molecule has 4 aromatic carbocycles. The van der Waals surface area contributed by atoms with Crippen molar-refractivity contribution < 1.29 is 106 Å². The van der Waals surface area contributed by atoms with E-state index in [1.165, 1.54) is 58.5 Å². The maximum atomic E-state index is 14.0. The van der Waals surface area contributed by atoms with Gasteiger partial charge in [-0.05, 0) is 173 Å². The highest BCUT2D eigenvalue weighted by atomic mass is 16.6. The lowest BCUT2D eigenvalue weighted by molar-refractivity contribution is -0.158. The lowest BCUT2D eigenvalue weighted by Gasteiger charge is -2.36. The van der Waals surface area contributed by atoms with Crippen molar-refractivity contribution in [2.45, 2.75) is 270 Å². The standard InChI is InChI=1S/C36H48N4O7.C35H52N4O8.C32H46N4O7/c1-22(2)32-34(43)37-30(21-26-13-9-15-28(41)20-26)35(44)40-18-10-16-29(39-40)36(45)47-24(4)27-14-8-12-25(19-27)11-6-7-17-31(46-5)23(3)33(42)38-32;1-21(2)30-33(42)36-28(20-25-14-11-15-26(40)19-25)34(43)39-18-12-16-27(38-39)35(44)47-22(3)13-9-8-10-17-29(45-6)23(4)31(46-7)24(5)32(41)37-30;1-21(2)28-30(39)33-26(20-23-13-11-14-24(37)19-23)31(40)36-17-12-15-25(35-36)32(41)43-18-10-8-6-5-7-9-16-27(42-4)22(3)29(38)34-28/h6,8-9,11-15,19-20,22-24,29-32,39,41H,7,10,16-18,21H2,1-5H3,(H,37,43)(H,38,42);8-11,14-15,17,19,21-24,27-31,38,40H,12-13,16,18,20H2,1-7H3,(H,36,42)(H,37,41);5-8,11,13-14,19,21-22,25-28,35,37H,9-10,12,15-18,20H2,1-4H3,(H,33,39)(H,34,38)/b11-6+;9-8+,17-10+;7-5+,8-6+/t23-,24-,29+,30+,31-,32+;22-,23+,24-,27+,28+,29+,30+,31-;22-,25+,26+,27-,28+/m111/s1. The van der Waals surface area contributed by atoms with Crippen LogP contribution < -0.4 is 48.2 Å². The Labute approximate surface area is 805 Å². The van der Waals surface area contributed by atoms with Gasteiger partial charge in [-0.3, -0.25) is 72.6 Å². The minimum atomic E-state index is -1.06. The zero-order valence-electron chi connectivity index (χ0n) is 82.1. The van der Waals surface area contributed by atoms with E-state index < -0.39 is 150 Å². The molecule has 3 saturated heterocycles. The molecule has 750 valence electrons. The summed E-state index contributed by atoms with van der Waals surface area (Å²) in [6.45, 7) is 22.9. The molecule has 0 saturated carbocycles. The van der Waals surface area contributed by atoms with Gasteiger partial charge in [-0.2, -0.15) is 0 Å². The maximum absolute atomic E-state index is 14.0. The van der Waals surface area contributed by atoms with Crippen molar-refractivity contribution in [2.75, 3.05) is 54.7 Å². The Morgan fingerprint density at radius 3 is 1.21 bits per heavy atom. The Kier molecular flexibility index (Phi) is 45.0. The number of methoxy groups -OCH3 is 4. The summed E-state index contributed by atoms with van der Waals surface area (Å²) in [4.78, 5) is 163. The smallest absolute Gasteiger partial charge is 0.325 e. The Bertz CT molecular complexity index is 4830. The fourth-order valence-electron chi connectivity index (χ4n) is 17.2. The van der Waals surface area contributed by atoms with E-state index in [2.05, 4.69) is 48.2 Å². The summed E-state index contributed by atoms with van der Waals surface area (Å²) in [5, 5.41) is 51.4. The number of nitrogens with one attached hydrogen (secondary N) is 9. The van der Waals surface area contributed by atoms with Crippen molar-refractivity contribution in [3.05, 3.63) is 180 Å². The van der Waals surface area contributed by atoms with E-state index in [1.807, 2.05) is 140 Å². The molecule has 34 heteroatoms. The maximum Gasteiger partial charge on any atom is 0.325 e. The van der Waals surface area contributed by atoms with Crippen LogP contribution in [0.1, 0.15) is 194 Å². The molecule has 10 rings (SSSR count). The van der Waals surface area contributed by atoms with Gasteiger partial charge in [0.25, 0.3) is 17.7 Å². The average molecular weight is 1900 g/mol. The summed E-state index contributed by atoms with van der Waals surface area (Å²) < 4.78 is 39.8. The van der Waals surface area contributed by atoms with Crippen LogP contribution in [0.15, 0.2) is 152 Å². The monoisotopic (exact) mass is 1900 g/mol. The minimum Gasteiger partial charge on any atom is -0.508 e. The molecule has 19 atom stereocenters. The topological polar surface area (TPSA) is 448 Å². The van der Waals surface area contributed by atoms with Crippen LogP contribution in [0.3, 0.4) is 0 Å². The summed E-state index contributed by atoms with van der Waals surface area (Å²) in [6.07, 6.45) is 23.5. The van der Waals surface area contributed by atoms with Crippen LogP contribution in [0, 0.1) is 41.4 Å². The van der Waals surface area contributed by atoms with Gasteiger partial charge in [-0.1, -0.05) is 185 Å². The molecular formula is C103H146N12O22. The number of phenols is 3. The number of hydrogen-bond acceptors (Lipinski definition) is 25. The van der Waals surface area contributed by atoms with Gasteiger partial charge in [-0.25, -0.2) is 16.3 Å². The van der Waals surface area contributed by atoms with Crippen molar-refractivity contribution in [3.63, 3.8) is 0 Å². The van der Waals surface area contributed by atoms with Gasteiger partial charge in [0.15, 0.2) is 0 Å². The molecule has 34 nitrogen and oxygen atoms in total. The summed E-state index contributed by atoms with van der Waals surface area (Å²) in [7, 11) is 6.26. The molecule has 6 heterocycles. The predicted octanol–water partition coefficient (Wildman–Crippen LogP) is 9.17. The number of carbonyl (C=O) groups is 12. The van der Waals surface area contributed by atoms with Crippen LogP contribution in [0.5, 0.6) is 17.2 Å². The Hall–Kier alpha value is -11.7. The first-order chi connectivity index (χ1) is 65.4. The van der Waals surface area contributed by atoms with Gasteiger partial charge in [-0.15, -0.1) is 0 Å². The largest absolute Gasteiger partial charge is 0.508 e. The Morgan fingerprint density at radius 2 is 0.803 bits per heavy atom. The summed E-state index contributed by atoms with van der Waals surface area (Å²) in [5.41, 5.74) is 12.7. The number of rotatable bonds is 13. The minimum absolute atomic E-state index is 0.0250. The van der Waals surface area contributed by atoms with Crippen molar-refractivity contribution in [3.8, 4) is 17.2 Å². The van der Waals surface area contributed by atoms with Crippen LogP contribution in [0.4, 0.5) is 0 Å². The number of hydrogen-bond donors (Lipinski definition) is 12. The van der Waals surface area contributed by atoms with Crippen LogP contribution in [-0.2, 0) is 110 Å². The van der Waals surface area contributed by atoms with E-state index in [4.69, 9.17) is 33.2 Å². The molecule has 3 fully saturated rings. The van der Waals surface area contributed by atoms with E-state index in [0.717, 1.165) is 11.1 Å². The average Bonchev–Trinajstić information content (AvgIpc) is 0.817. The number of ether oxygens (including phenoxy) is 7. The van der Waals surface area contributed by atoms with Crippen molar-refractivity contribution in [2.24, 2.45) is 41.4 Å². The van der Waals surface area contributed by atoms with Gasteiger partial charge >= 0.3 is 17.9 Å². The number of aromatic hydroxyl groups is 3. The number of carbonyl (C=O) groups excluding carboxylic acids is 12. The molecular weight excluding hydrogens is 1760 g/mol. The number of esters is 3. The Morgan fingerprint density at radius 1 is 0.409 bits per heavy atom. The number of hydrazine groups is 3. The van der Waals surface area contributed by atoms with E-state index >= 15 is 0 Å². The predicted molar refractivity (Wildman–Crippen MR) is 516 cm³/mol. The highest BCUT2D eigenvalue weighted by Crippen LogP contribution is 2.29. The number of allylic oxidation sites excluding steroid dienone is 6. The van der Waals surface area contributed by atoms with Gasteiger partial charge in [0, 0.05) is 79.7 Å². The normalized spacial score (nSPS) is 29.4. The second kappa shape index (κ2) is 55.7. The third kappa shape index (κ3) is 34.2. The number of phenolic OH excluding ortho intramolecular Hbond substituents is 3. The molecule has 0 spiro atoms. The molecule has 12 N–H and O–H groups in total. The number of benzene rings is 4. The van der Waals surface area contributed by atoms with Crippen molar-refractivity contribution in [1.29, 1.82) is 0 Å². The van der Waals surface area contributed by atoms with Gasteiger partial charge < -0.3 is 80.4 Å². The number of amides is 9. The van der Waals surface area contributed by atoms with Gasteiger partial charge in [0.1, 0.15) is 83.8 Å². The van der Waals surface area contributed by atoms with Crippen LogP contribution in [-0.4, -0.2) is 241 Å². The molecule has 137 heavy (non-hydrogen) atoms. The third-order valence-corrected chi connectivity index (χ3v) is 25.3. The van der Waals surface area contributed by atoms with Crippen LogP contribution >= 0.6 is 0 Å². The summed E-state index contributed by atoms with van der Waals surface area (Å²) >= 11 is 0. The summed E-state index contributed by atoms with van der Waals surface area (Å²) in [6, 6.07) is 19.0. The van der Waals surface area contributed by atoms with Gasteiger partial charge in [0.2, 0.25) is 35.4 Å². The second-order valence-corrected chi connectivity index (χ2v) is 37.0. The zero-order valence-corrected chi connectivity index (χ0v) is 82.1. The van der Waals surface area contributed by atoms with Crippen molar-refractivity contribution in [1.82, 2.24) is 63.2 Å². The van der Waals surface area contributed by atoms with Crippen LogP contribution in [0.2, 0.25) is 0 Å². The highest BCUT2D eigenvalue weighted by Gasteiger charge is 2.43. The first-order valence-electron chi connectivity index (χ1n) is 47.9. The van der Waals surface area contributed by atoms with E-state index in [1.54, 1.807) is 85.4 Å². The number of fused-ring (bicyclic) bond motifs is 8. The first-order valence-corrected chi connectivity index (χ1v) is 47.9. The molecule has 0 unspecified atom stereocenters. The number of cyclic esters (lactones) is 3. The molecule has 0 radical (unpaired) electrons. The quantitative estimate of drug-likeness (QED) is 0.0438. The van der Waals surface area contributed by atoms with E-state index in [9.17, 15) is 72.9 Å². The molecule has 6 aliphatic rings. The Balaban J connectivity index is 0.000000253. The SMILES string of the molecule is CO[C@@H]1CC/C=C/C=C/CCOC(=O)[C@@H]2CCCN(N2)C(=O)[C@H](Cc2cccc(O)c2)NC(=O)[C@H](C(C)C)NC(=O)[C@@H]1C.CO[C@@H]1CC/C=C/c2cccc(c2)[C@@H](C)OC(=O)[C@@H]2CCCN(N2)C(=O)[C@H](Cc2cccc(O)c2)NC(=O)[C@H](C(C)C)NC(=O)[C@@H]1C.CO[C@@H]1[C@@H](C)[C@@H](OC)/C=C/C=C/C[C@@H](C)OC(=O)[C@@H]2CCCN(N2)C(=O)[C@H](Cc2cccc(O)c2)NC(=O)[C@H](C(C)C)NC(=O)[C@@H]1C. The van der Waals surface area contributed by atoms with Crippen molar-refractivity contribution >= 4 is 77.1 Å². The molecule has 4 aromatic rings. The lowest BCUT2D eigenvalue weighted by atomic mass is 9.87. The first kappa shape index (κ1) is 111. The molecule has 6 aliphatic heterocycles. The summed E-state index contributed by atoms with van der Waals surface area (Å²) in [5.74, 6) is -8.03. The fraction of sp³-hybridized carbons (Fsp3) is 0.553. The fourth-order valence-corrected chi connectivity index (χ4v) is 17.2. The third-order valence-electron chi connectivity index (χ3n) is 25.3. The van der Waals surface area contributed by atoms with E-state index in [-0.39, 0.29) is 96.7 Å². The molecule has 9 amide bonds. The molecule has 0 aromatic heterocycles. The van der Waals surface area contributed by atoms with Crippen LogP contribution in [0.25, 0.3) is 6.08 Å². The second-order valence-electron chi connectivity index (χ2n) is 37.0. The lowest BCUT2D eigenvalue weighted by Crippen LogP contribution is -2.62. The van der Waals surface area contributed by atoms with E-state index in [0.29, 0.717) is 113 Å².